The molecule has 0 aliphatic carbocycles. The largest absolute Gasteiger partial charge is 0.454 e. The minimum atomic E-state index is -0.181. The summed E-state index contributed by atoms with van der Waals surface area (Å²) in [6, 6.07) is 9.27. The maximum atomic E-state index is 11.9. The smallest absolute Gasteiger partial charge is 0.243 e. The molecule has 1 amide bonds. The van der Waals surface area contributed by atoms with Crippen LogP contribution in [0.5, 0.6) is 11.5 Å². The number of amides is 1. The summed E-state index contributed by atoms with van der Waals surface area (Å²) in [5.41, 5.74) is 1.67. The van der Waals surface area contributed by atoms with Gasteiger partial charge in [0, 0.05) is 19.8 Å². The van der Waals surface area contributed by atoms with Gasteiger partial charge in [-0.25, -0.2) is 0 Å². The van der Waals surface area contributed by atoms with Crippen molar-refractivity contribution in [1.29, 1.82) is 0 Å². The fourth-order valence-electron chi connectivity index (χ4n) is 2.26. The summed E-state index contributed by atoms with van der Waals surface area (Å²) < 4.78 is 10.6. The van der Waals surface area contributed by atoms with E-state index in [1.54, 1.807) is 31.6 Å². The Morgan fingerprint density at radius 3 is 2.92 bits per heavy atom. The molecule has 0 saturated carbocycles. The average molecular weight is 341 g/mol. The second-order valence-corrected chi connectivity index (χ2v) is 5.26. The Bertz CT molecular complexity index is 764. The number of carbonyl (C=O) groups is 1. The summed E-state index contributed by atoms with van der Waals surface area (Å²) in [4.78, 5) is 20.0. The first-order valence-corrected chi connectivity index (χ1v) is 7.77. The zero-order valence-corrected chi connectivity index (χ0v) is 13.8. The van der Waals surface area contributed by atoms with E-state index in [1.165, 1.54) is 0 Å². The first-order chi connectivity index (χ1) is 12.2. The number of nitrogens with one attached hydrogen (secondary N) is 3. The molecule has 0 bridgehead atoms. The Kier molecular flexibility index (Phi) is 5.30. The number of carbonyl (C=O) groups excluding carboxylic acids is 1. The van der Waals surface area contributed by atoms with Crippen molar-refractivity contribution in [3.63, 3.8) is 0 Å². The lowest BCUT2D eigenvalue weighted by molar-refractivity contribution is -0.115. The summed E-state index contributed by atoms with van der Waals surface area (Å²) in [6.45, 7) is 0.887. The fraction of sp³-hybridized carbons (Fsp3) is 0.235. The van der Waals surface area contributed by atoms with Gasteiger partial charge >= 0.3 is 0 Å². The van der Waals surface area contributed by atoms with Crippen LogP contribution >= 0.6 is 0 Å². The lowest BCUT2D eigenvalue weighted by atomic mass is 10.2. The minimum Gasteiger partial charge on any atom is -0.454 e. The molecule has 0 spiro atoms. The lowest BCUT2D eigenvalue weighted by Gasteiger charge is -2.12. The van der Waals surface area contributed by atoms with Crippen LogP contribution in [-0.4, -0.2) is 37.2 Å². The molecule has 3 rings (SSSR count). The Hall–Kier alpha value is -3.29. The molecular weight excluding hydrogens is 322 g/mol. The van der Waals surface area contributed by atoms with E-state index >= 15 is 0 Å². The number of hydrogen-bond donors (Lipinski definition) is 3. The van der Waals surface area contributed by atoms with Gasteiger partial charge in [0.15, 0.2) is 17.5 Å². The minimum absolute atomic E-state index is 0.0930. The molecule has 2 aromatic rings. The van der Waals surface area contributed by atoms with Gasteiger partial charge in [0.2, 0.25) is 12.7 Å². The third-order valence-electron chi connectivity index (χ3n) is 3.48. The summed E-state index contributed by atoms with van der Waals surface area (Å²) in [5, 5.41) is 8.86. The molecule has 130 valence electrons. The number of ether oxygens (including phenoxy) is 2. The van der Waals surface area contributed by atoms with Gasteiger partial charge in [-0.15, -0.1) is 0 Å². The molecule has 0 fully saturated rings. The fourth-order valence-corrected chi connectivity index (χ4v) is 2.26. The van der Waals surface area contributed by atoms with Crippen molar-refractivity contribution in [2.24, 2.45) is 4.99 Å². The molecule has 8 heteroatoms. The highest BCUT2D eigenvalue weighted by molar-refractivity contribution is 5.94. The van der Waals surface area contributed by atoms with Crippen LogP contribution in [0, 0.1) is 0 Å². The van der Waals surface area contributed by atoms with Gasteiger partial charge < -0.3 is 25.4 Å². The SMILES string of the molecule is CN=C(NCC(=O)Nc1cccnc1)NCc1ccc2c(c1)OCO2. The van der Waals surface area contributed by atoms with E-state index in [-0.39, 0.29) is 19.2 Å². The zero-order chi connectivity index (χ0) is 17.5. The van der Waals surface area contributed by atoms with Crippen LogP contribution in [0.25, 0.3) is 0 Å². The highest BCUT2D eigenvalue weighted by Crippen LogP contribution is 2.32. The Labute approximate surface area is 145 Å². The van der Waals surface area contributed by atoms with Crippen molar-refractivity contribution < 1.29 is 14.3 Å². The van der Waals surface area contributed by atoms with Gasteiger partial charge in [-0.2, -0.15) is 0 Å². The number of benzene rings is 1. The van der Waals surface area contributed by atoms with E-state index in [9.17, 15) is 4.79 Å². The molecule has 1 aliphatic rings. The highest BCUT2D eigenvalue weighted by atomic mass is 16.7. The van der Waals surface area contributed by atoms with E-state index in [0.717, 1.165) is 17.1 Å². The zero-order valence-electron chi connectivity index (χ0n) is 13.8. The number of aliphatic imine (C=N–C) groups is 1. The molecule has 1 aromatic heterocycles. The average Bonchev–Trinajstić information content (AvgIpc) is 3.10. The molecule has 0 radical (unpaired) electrons. The van der Waals surface area contributed by atoms with Gasteiger partial charge in [0.05, 0.1) is 18.4 Å². The Morgan fingerprint density at radius 2 is 2.12 bits per heavy atom. The van der Waals surface area contributed by atoms with E-state index in [4.69, 9.17) is 9.47 Å². The van der Waals surface area contributed by atoms with Gasteiger partial charge in [-0.05, 0) is 29.8 Å². The van der Waals surface area contributed by atoms with Crippen LogP contribution in [0.1, 0.15) is 5.56 Å². The van der Waals surface area contributed by atoms with Crippen molar-refractivity contribution >= 4 is 17.6 Å². The van der Waals surface area contributed by atoms with Crippen molar-refractivity contribution in [3.05, 3.63) is 48.3 Å². The second kappa shape index (κ2) is 8.00. The number of fused-ring (bicyclic) bond motifs is 1. The summed E-state index contributed by atoms with van der Waals surface area (Å²) in [6.07, 6.45) is 3.24. The van der Waals surface area contributed by atoms with Crippen LogP contribution in [0.2, 0.25) is 0 Å². The van der Waals surface area contributed by atoms with Crippen molar-refractivity contribution in [1.82, 2.24) is 15.6 Å². The molecule has 0 atom stereocenters. The van der Waals surface area contributed by atoms with Crippen LogP contribution < -0.4 is 25.4 Å². The van der Waals surface area contributed by atoms with Crippen LogP contribution in [0.4, 0.5) is 5.69 Å². The molecule has 2 heterocycles. The standard InChI is InChI=1S/C17H19N5O3/c1-18-17(21-10-16(23)22-13-3-2-6-19-9-13)20-8-12-4-5-14-15(7-12)25-11-24-14/h2-7,9H,8,10-11H2,1H3,(H,22,23)(H2,18,20,21). The highest BCUT2D eigenvalue weighted by Gasteiger charge is 2.13. The molecule has 25 heavy (non-hydrogen) atoms. The van der Waals surface area contributed by atoms with Crippen molar-refractivity contribution in [2.45, 2.75) is 6.54 Å². The number of pyridine rings is 1. The van der Waals surface area contributed by atoms with Crippen molar-refractivity contribution in [3.8, 4) is 11.5 Å². The number of hydrogen-bond acceptors (Lipinski definition) is 5. The van der Waals surface area contributed by atoms with Gasteiger partial charge in [0.1, 0.15) is 0 Å². The van der Waals surface area contributed by atoms with E-state index in [0.29, 0.717) is 18.2 Å². The van der Waals surface area contributed by atoms with E-state index in [1.807, 2.05) is 18.2 Å². The lowest BCUT2D eigenvalue weighted by Crippen LogP contribution is -2.41. The number of aromatic nitrogens is 1. The van der Waals surface area contributed by atoms with Crippen LogP contribution in [0.15, 0.2) is 47.7 Å². The maximum Gasteiger partial charge on any atom is 0.243 e. The normalized spacial score (nSPS) is 12.6. The van der Waals surface area contributed by atoms with Crippen LogP contribution in [0.3, 0.4) is 0 Å². The topological polar surface area (TPSA) is 96.9 Å². The summed E-state index contributed by atoms with van der Waals surface area (Å²) >= 11 is 0. The molecule has 0 saturated heterocycles. The molecule has 3 N–H and O–H groups in total. The van der Waals surface area contributed by atoms with Gasteiger partial charge in [-0.1, -0.05) is 6.07 Å². The Morgan fingerprint density at radius 1 is 1.24 bits per heavy atom. The number of guanidine groups is 1. The van der Waals surface area contributed by atoms with E-state index in [2.05, 4.69) is 25.9 Å². The quantitative estimate of drug-likeness (QED) is 0.557. The predicted molar refractivity (Wildman–Crippen MR) is 93.6 cm³/mol. The maximum absolute atomic E-state index is 11.9. The number of nitrogens with zero attached hydrogens (tertiary/aromatic N) is 2. The van der Waals surface area contributed by atoms with E-state index < -0.39 is 0 Å². The van der Waals surface area contributed by atoms with Gasteiger partial charge in [0.25, 0.3) is 0 Å². The summed E-state index contributed by atoms with van der Waals surface area (Å²) in [5.74, 6) is 1.83. The molecule has 1 aliphatic heterocycles. The summed E-state index contributed by atoms with van der Waals surface area (Å²) in [7, 11) is 1.65. The third-order valence-corrected chi connectivity index (χ3v) is 3.48. The number of rotatable bonds is 5. The second-order valence-electron chi connectivity index (χ2n) is 5.26. The van der Waals surface area contributed by atoms with Gasteiger partial charge in [-0.3, -0.25) is 14.8 Å². The first-order valence-electron chi connectivity index (χ1n) is 7.77. The first kappa shape index (κ1) is 16.6. The van der Waals surface area contributed by atoms with Crippen LogP contribution in [-0.2, 0) is 11.3 Å². The number of anilines is 1. The molecular formula is C17H19N5O3. The third kappa shape index (κ3) is 4.60. The van der Waals surface area contributed by atoms with Crippen molar-refractivity contribution in [2.75, 3.05) is 25.7 Å². The monoisotopic (exact) mass is 341 g/mol. The predicted octanol–water partition coefficient (Wildman–Crippen LogP) is 1.11. The molecule has 0 unspecified atom stereocenters. The Balaban J connectivity index is 1.46. The molecule has 1 aromatic carbocycles. The molecule has 8 nitrogen and oxygen atoms in total.